The molecule has 4 bridgehead atoms. The number of rotatable bonds is 4. The van der Waals surface area contributed by atoms with Gasteiger partial charge in [-0.15, -0.1) is 0 Å². The van der Waals surface area contributed by atoms with Gasteiger partial charge in [0.2, 0.25) is 0 Å². The van der Waals surface area contributed by atoms with Gasteiger partial charge in [0.05, 0.1) is 0 Å². The smallest absolute Gasteiger partial charge is 0.337 e. The molecule has 1 aromatic rings. The van der Waals surface area contributed by atoms with Crippen LogP contribution >= 0.6 is 12.2 Å². The minimum atomic E-state index is -0.292. The topological polar surface area (TPSA) is 65.2 Å². The van der Waals surface area contributed by atoms with Gasteiger partial charge in [-0.25, -0.2) is 10.2 Å². The van der Waals surface area contributed by atoms with Crippen molar-refractivity contribution < 1.29 is 4.79 Å². The number of hydrazine groups is 1. The summed E-state index contributed by atoms with van der Waals surface area (Å²) < 4.78 is 0. The Morgan fingerprint density at radius 1 is 0.933 bits per heavy atom. The summed E-state index contributed by atoms with van der Waals surface area (Å²) in [5.41, 5.74) is 9.00. The summed E-state index contributed by atoms with van der Waals surface area (Å²) in [4.78, 5) is 12.7. The first-order valence-electron chi connectivity index (χ1n) is 11.5. The average molecular weight is 429 g/mol. The lowest BCUT2D eigenvalue weighted by molar-refractivity contribution is -0.0102. The summed E-state index contributed by atoms with van der Waals surface area (Å²) in [5, 5.41) is 7.16. The minimum absolute atomic E-state index is 0.131. The average Bonchev–Trinajstić information content (AvgIpc) is 2.64. The minimum Gasteiger partial charge on any atom is -0.356 e. The quantitative estimate of drug-likeness (QED) is 0.383. The van der Waals surface area contributed by atoms with Gasteiger partial charge in [0, 0.05) is 11.2 Å². The van der Waals surface area contributed by atoms with Crippen molar-refractivity contribution >= 4 is 29.0 Å². The second kappa shape index (κ2) is 8.37. The highest BCUT2D eigenvalue weighted by Gasteiger charge is 2.51. The second-order valence-electron chi connectivity index (χ2n) is 10.5. The van der Waals surface area contributed by atoms with E-state index >= 15 is 0 Å². The molecule has 4 fully saturated rings. The number of amides is 2. The first kappa shape index (κ1) is 21.4. The number of anilines is 1. The Morgan fingerprint density at radius 3 is 1.90 bits per heavy atom. The molecule has 0 radical (unpaired) electrons. The van der Waals surface area contributed by atoms with Crippen LogP contribution < -0.4 is 21.5 Å². The number of urea groups is 1. The van der Waals surface area contributed by atoms with Crippen molar-refractivity contribution in [2.75, 3.05) is 5.32 Å². The molecule has 0 aliphatic heterocycles. The molecule has 4 aliphatic carbocycles. The zero-order chi connectivity index (χ0) is 21.5. The molecule has 1 aromatic carbocycles. The fourth-order valence-electron chi connectivity index (χ4n) is 6.49. The first-order chi connectivity index (χ1) is 14.2. The largest absolute Gasteiger partial charge is 0.356 e. The van der Waals surface area contributed by atoms with E-state index in [1.54, 1.807) is 0 Å². The van der Waals surface area contributed by atoms with E-state index < -0.39 is 0 Å². The number of thiocarbonyl (C=S) groups is 1. The molecule has 0 saturated heterocycles. The van der Waals surface area contributed by atoms with Crippen LogP contribution in [0, 0.1) is 17.8 Å². The predicted octanol–water partition coefficient (Wildman–Crippen LogP) is 5.40. The summed E-state index contributed by atoms with van der Waals surface area (Å²) >= 11 is 5.54. The van der Waals surface area contributed by atoms with Gasteiger partial charge in [-0.3, -0.25) is 5.43 Å². The highest BCUT2D eigenvalue weighted by Crippen LogP contribution is 2.55. The Labute approximate surface area is 186 Å². The van der Waals surface area contributed by atoms with Crippen LogP contribution in [-0.4, -0.2) is 16.7 Å². The standard InChI is InChI=1S/C24H36N4OS/c1-14(2)19-6-5-7-20(15(3)4)21(19)25-22(29)27-28-23(30)26-24-11-16-8-17(12-24)10-18(9-16)13-24/h5-7,14-18H,8-13H2,1-4H3,(H2,25,27,29)(H2,26,28,30). The third kappa shape index (κ3) is 4.43. The molecule has 5 rings (SSSR count). The van der Waals surface area contributed by atoms with E-state index in [1.807, 2.05) is 0 Å². The van der Waals surface area contributed by atoms with Gasteiger partial charge in [-0.1, -0.05) is 45.9 Å². The molecule has 6 heteroatoms. The first-order valence-corrected chi connectivity index (χ1v) is 11.9. The zero-order valence-electron chi connectivity index (χ0n) is 18.7. The van der Waals surface area contributed by atoms with Gasteiger partial charge >= 0.3 is 6.03 Å². The van der Waals surface area contributed by atoms with E-state index in [2.05, 4.69) is 67.4 Å². The molecule has 5 nitrogen and oxygen atoms in total. The Balaban J connectivity index is 1.35. The monoisotopic (exact) mass is 428 g/mol. The summed E-state index contributed by atoms with van der Waals surface area (Å²) in [6, 6.07) is 5.94. The van der Waals surface area contributed by atoms with Crippen LogP contribution in [0.5, 0.6) is 0 Å². The van der Waals surface area contributed by atoms with Gasteiger partial charge in [-0.2, -0.15) is 0 Å². The molecule has 4 N–H and O–H groups in total. The fourth-order valence-corrected chi connectivity index (χ4v) is 6.76. The molecule has 2 amide bonds. The number of carbonyl (C=O) groups is 1. The van der Waals surface area contributed by atoms with Crippen molar-refractivity contribution in [1.29, 1.82) is 0 Å². The Hall–Kier alpha value is -1.82. The molecule has 4 saturated carbocycles. The molecule has 0 unspecified atom stereocenters. The number of hydrogen-bond donors (Lipinski definition) is 4. The van der Waals surface area contributed by atoms with Crippen LogP contribution in [-0.2, 0) is 0 Å². The maximum Gasteiger partial charge on any atom is 0.337 e. The van der Waals surface area contributed by atoms with Crippen molar-refractivity contribution in [3.63, 3.8) is 0 Å². The summed E-state index contributed by atoms with van der Waals surface area (Å²) in [5.74, 6) is 3.20. The van der Waals surface area contributed by atoms with Crippen molar-refractivity contribution in [2.45, 2.75) is 83.6 Å². The van der Waals surface area contributed by atoms with Gasteiger partial charge < -0.3 is 10.6 Å². The Kier molecular flexibility index (Phi) is 5.97. The fraction of sp³-hybridized carbons (Fsp3) is 0.667. The summed E-state index contributed by atoms with van der Waals surface area (Å²) in [7, 11) is 0. The number of para-hydroxylation sites is 1. The van der Waals surface area contributed by atoms with E-state index in [-0.39, 0.29) is 11.6 Å². The molecule has 0 spiro atoms. The summed E-state index contributed by atoms with van der Waals surface area (Å²) in [6.45, 7) is 8.58. The van der Waals surface area contributed by atoms with Crippen LogP contribution in [0.25, 0.3) is 0 Å². The molecule has 4 aliphatic rings. The molecule has 164 valence electrons. The molecule has 0 atom stereocenters. The Bertz CT molecular complexity index is 758. The third-order valence-electron chi connectivity index (χ3n) is 7.32. The highest BCUT2D eigenvalue weighted by molar-refractivity contribution is 7.80. The van der Waals surface area contributed by atoms with E-state index in [9.17, 15) is 4.79 Å². The lowest BCUT2D eigenvalue weighted by Gasteiger charge is -2.57. The van der Waals surface area contributed by atoms with Gasteiger partial charge in [0.25, 0.3) is 0 Å². The van der Waals surface area contributed by atoms with E-state index in [0.717, 1.165) is 34.6 Å². The molecule has 0 heterocycles. The number of benzene rings is 1. The molecule has 30 heavy (non-hydrogen) atoms. The lowest BCUT2D eigenvalue weighted by Crippen LogP contribution is -2.62. The molecular weight excluding hydrogens is 392 g/mol. The maximum absolute atomic E-state index is 12.7. The van der Waals surface area contributed by atoms with Crippen molar-refractivity contribution in [1.82, 2.24) is 16.2 Å². The second-order valence-corrected chi connectivity index (χ2v) is 10.9. The SMILES string of the molecule is CC(C)c1cccc(C(C)C)c1NC(=O)NNC(=S)NC12CC3CC(CC(C3)C1)C2. The summed E-state index contributed by atoms with van der Waals surface area (Å²) in [6.07, 6.45) is 7.84. The van der Waals surface area contributed by atoms with E-state index in [1.165, 1.54) is 38.5 Å². The maximum atomic E-state index is 12.7. The van der Waals surface area contributed by atoms with Gasteiger partial charge in [0.15, 0.2) is 5.11 Å². The van der Waals surface area contributed by atoms with Gasteiger partial charge in [0.1, 0.15) is 0 Å². The van der Waals surface area contributed by atoms with Crippen molar-refractivity contribution in [2.24, 2.45) is 17.8 Å². The number of nitrogens with one attached hydrogen (secondary N) is 4. The lowest BCUT2D eigenvalue weighted by atomic mass is 9.53. The molecule has 0 aromatic heterocycles. The van der Waals surface area contributed by atoms with Crippen molar-refractivity contribution in [3.8, 4) is 0 Å². The number of hydrogen-bond acceptors (Lipinski definition) is 2. The van der Waals surface area contributed by atoms with E-state index in [0.29, 0.717) is 16.9 Å². The van der Waals surface area contributed by atoms with Crippen molar-refractivity contribution in [3.05, 3.63) is 29.3 Å². The van der Waals surface area contributed by atoms with Crippen LogP contribution in [0.15, 0.2) is 18.2 Å². The molecular formula is C24H36N4OS. The number of carbonyl (C=O) groups excluding carboxylic acids is 1. The van der Waals surface area contributed by atoms with E-state index in [4.69, 9.17) is 12.2 Å². The normalized spacial score (nSPS) is 29.2. The van der Waals surface area contributed by atoms with Crippen LogP contribution in [0.1, 0.15) is 89.2 Å². The predicted molar refractivity (Wildman–Crippen MR) is 127 cm³/mol. The Morgan fingerprint density at radius 2 is 1.43 bits per heavy atom. The van der Waals surface area contributed by atoms with Crippen LogP contribution in [0.2, 0.25) is 0 Å². The third-order valence-corrected chi connectivity index (χ3v) is 7.52. The zero-order valence-corrected chi connectivity index (χ0v) is 19.5. The van der Waals surface area contributed by atoms with Crippen LogP contribution in [0.3, 0.4) is 0 Å². The van der Waals surface area contributed by atoms with Crippen LogP contribution in [0.4, 0.5) is 10.5 Å². The van der Waals surface area contributed by atoms with Gasteiger partial charge in [-0.05, 0) is 91.5 Å². The highest BCUT2D eigenvalue weighted by atomic mass is 32.1.